The second kappa shape index (κ2) is 5.86. The number of carbonyl (C=O) groups excluding carboxylic acids is 1. The molecule has 0 radical (unpaired) electrons. The van der Waals surface area contributed by atoms with Crippen LogP contribution in [0.15, 0.2) is 22.7 Å². The number of halogens is 1. The molecule has 0 aliphatic rings. The molecular weight excluding hydrogens is 272 g/mol. The summed E-state index contributed by atoms with van der Waals surface area (Å²) >= 11 is 3.32. The molecule has 1 amide bonds. The van der Waals surface area contributed by atoms with Gasteiger partial charge in [-0.25, -0.2) is 0 Å². The Morgan fingerprint density at radius 3 is 2.88 bits per heavy atom. The van der Waals surface area contributed by atoms with Gasteiger partial charge in [0.05, 0.1) is 12.7 Å². The Morgan fingerprint density at radius 2 is 2.31 bits per heavy atom. The van der Waals surface area contributed by atoms with Crippen LogP contribution >= 0.6 is 15.9 Å². The van der Waals surface area contributed by atoms with Gasteiger partial charge in [0.2, 0.25) is 0 Å². The van der Waals surface area contributed by atoms with Gasteiger partial charge in [0.25, 0.3) is 5.91 Å². The van der Waals surface area contributed by atoms with E-state index >= 15 is 0 Å². The molecule has 0 bridgehead atoms. The number of ether oxygens (including phenoxy) is 1. The van der Waals surface area contributed by atoms with E-state index in [0.29, 0.717) is 17.9 Å². The van der Waals surface area contributed by atoms with Crippen LogP contribution in [-0.4, -0.2) is 25.6 Å². The number of rotatable bonds is 4. The summed E-state index contributed by atoms with van der Waals surface area (Å²) in [7, 11) is 1.53. The fourth-order valence-electron chi connectivity index (χ4n) is 1.21. The lowest BCUT2D eigenvalue weighted by atomic mass is 10.1. The van der Waals surface area contributed by atoms with Crippen molar-refractivity contribution in [3.8, 4) is 5.75 Å². The van der Waals surface area contributed by atoms with E-state index in [2.05, 4.69) is 21.2 Å². The Kier molecular flexibility index (Phi) is 4.76. The lowest BCUT2D eigenvalue weighted by molar-refractivity contribution is 0.0938. The summed E-state index contributed by atoms with van der Waals surface area (Å²) in [6.45, 7) is 2.26. The van der Waals surface area contributed by atoms with Crippen molar-refractivity contribution in [2.24, 2.45) is 5.73 Å². The van der Waals surface area contributed by atoms with Crippen LogP contribution in [0.2, 0.25) is 0 Å². The molecule has 1 atom stereocenters. The molecule has 0 saturated carbocycles. The second-order valence-corrected chi connectivity index (χ2v) is 4.37. The summed E-state index contributed by atoms with van der Waals surface area (Å²) < 4.78 is 6.01. The maximum atomic E-state index is 11.8. The highest BCUT2D eigenvalue weighted by atomic mass is 79.9. The van der Waals surface area contributed by atoms with Gasteiger partial charge < -0.3 is 15.8 Å². The number of nitrogens with one attached hydrogen (secondary N) is 1. The van der Waals surface area contributed by atoms with Crippen molar-refractivity contribution in [3.63, 3.8) is 0 Å². The van der Waals surface area contributed by atoms with Crippen molar-refractivity contribution in [2.75, 3.05) is 13.7 Å². The molecular formula is C11H15BrN2O2. The quantitative estimate of drug-likeness (QED) is 0.882. The molecule has 5 heteroatoms. The fourth-order valence-corrected chi connectivity index (χ4v) is 1.55. The largest absolute Gasteiger partial charge is 0.496 e. The van der Waals surface area contributed by atoms with Crippen LogP contribution in [0.3, 0.4) is 0 Å². The molecule has 4 nitrogen and oxygen atoms in total. The number of benzene rings is 1. The molecule has 16 heavy (non-hydrogen) atoms. The number of hydrogen-bond donors (Lipinski definition) is 2. The molecule has 88 valence electrons. The number of methoxy groups -OCH3 is 1. The minimum absolute atomic E-state index is 0.0548. The van der Waals surface area contributed by atoms with Crippen LogP contribution in [-0.2, 0) is 0 Å². The maximum Gasteiger partial charge on any atom is 0.255 e. The summed E-state index contributed by atoms with van der Waals surface area (Å²) in [5, 5.41) is 2.78. The molecule has 0 unspecified atom stereocenters. The zero-order valence-corrected chi connectivity index (χ0v) is 10.9. The van der Waals surface area contributed by atoms with Crippen molar-refractivity contribution in [1.29, 1.82) is 0 Å². The fraction of sp³-hybridized carbons (Fsp3) is 0.364. The first kappa shape index (κ1) is 13.0. The zero-order chi connectivity index (χ0) is 12.1. The average molecular weight is 287 g/mol. The number of nitrogens with two attached hydrogens (primary N) is 1. The van der Waals surface area contributed by atoms with E-state index in [4.69, 9.17) is 10.5 Å². The van der Waals surface area contributed by atoms with Gasteiger partial charge in [0.1, 0.15) is 5.75 Å². The Bertz CT molecular complexity index is 382. The van der Waals surface area contributed by atoms with E-state index < -0.39 is 0 Å². The van der Waals surface area contributed by atoms with E-state index in [-0.39, 0.29) is 11.9 Å². The standard InChI is InChI=1S/C11H15BrN2O2/c1-7(6-13)14-11(15)9-4-3-8(12)5-10(9)16-2/h3-5,7H,6,13H2,1-2H3,(H,14,15)/t7-/m0/s1. The number of hydrogen-bond acceptors (Lipinski definition) is 3. The van der Waals surface area contributed by atoms with Gasteiger partial charge in [-0.2, -0.15) is 0 Å². The third-order valence-electron chi connectivity index (χ3n) is 2.14. The van der Waals surface area contributed by atoms with Gasteiger partial charge in [0.15, 0.2) is 0 Å². The van der Waals surface area contributed by atoms with Gasteiger partial charge in [-0.3, -0.25) is 4.79 Å². The van der Waals surface area contributed by atoms with E-state index in [1.807, 2.05) is 6.92 Å². The van der Waals surface area contributed by atoms with Crippen LogP contribution < -0.4 is 15.8 Å². The first-order chi connectivity index (χ1) is 7.58. The molecule has 1 aromatic carbocycles. The smallest absolute Gasteiger partial charge is 0.255 e. The van der Waals surface area contributed by atoms with E-state index in [9.17, 15) is 4.79 Å². The average Bonchev–Trinajstić information content (AvgIpc) is 2.28. The molecule has 0 fully saturated rings. The summed E-state index contributed by atoms with van der Waals surface area (Å²) in [6, 6.07) is 5.20. The van der Waals surface area contributed by atoms with Crippen molar-refractivity contribution in [1.82, 2.24) is 5.32 Å². The van der Waals surface area contributed by atoms with Crippen LogP contribution in [0.1, 0.15) is 17.3 Å². The first-order valence-corrected chi connectivity index (χ1v) is 5.72. The number of carbonyl (C=O) groups is 1. The topological polar surface area (TPSA) is 64.3 Å². The molecule has 1 rings (SSSR count). The van der Waals surface area contributed by atoms with Crippen molar-refractivity contribution in [2.45, 2.75) is 13.0 Å². The van der Waals surface area contributed by atoms with Crippen molar-refractivity contribution < 1.29 is 9.53 Å². The van der Waals surface area contributed by atoms with Gasteiger partial charge in [-0.15, -0.1) is 0 Å². The Balaban J connectivity index is 2.90. The summed E-state index contributed by atoms with van der Waals surface area (Å²) in [5.41, 5.74) is 5.95. The van der Waals surface area contributed by atoms with Gasteiger partial charge >= 0.3 is 0 Å². The molecule has 0 aromatic heterocycles. The van der Waals surface area contributed by atoms with Crippen LogP contribution in [0, 0.1) is 0 Å². The van der Waals surface area contributed by atoms with E-state index in [1.54, 1.807) is 18.2 Å². The summed E-state index contributed by atoms with van der Waals surface area (Å²) in [4.78, 5) is 11.8. The molecule has 0 aliphatic heterocycles. The molecule has 1 aromatic rings. The Labute approximate surface area is 103 Å². The monoisotopic (exact) mass is 286 g/mol. The molecule has 0 aliphatic carbocycles. The maximum absolute atomic E-state index is 11.8. The Hall–Kier alpha value is -1.07. The SMILES string of the molecule is COc1cc(Br)ccc1C(=O)N[C@@H](C)CN. The minimum Gasteiger partial charge on any atom is -0.496 e. The minimum atomic E-state index is -0.178. The molecule has 3 N–H and O–H groups in total. The van der Waals surface area contributed by atoms with E-state index in [0.717, 1.165) is 4.47 Å². The summed E-state index contributed by atoms with van der Waals surface area (Å²) in [5.74, 6) is 0.360. The highest BCUT2D eigenvalue weighted by Crippen LogP contribution is 2.23. The molecule has 0 heterocycles. The van der Waals surface area contributed by atoms with Gasteiger partial charge in [-0.1, -0.05) is 15.9 Å². The third kappa shape index (κ3) is 3.21. The lowest BCUT2D eigenvalue weighted by Gasteiger charge is -2.13. The Morgan fingerprint density at radius 1 is 1.62 bits per heavy atom. The van der Waals surface area contributed by atoms with Gasteiger partial charge in [-0.05, 0) is 25.1 Å². The first-order valence-electron chi connectivity index (χ1n) is 4.93. The van der Waals surface area contributed by atoms with E-state index in [1.165, 1.54) is 7.11 Å². The van der Waals surface area contributed by atoms with Crippen LogP contribution in [0.25, 0.3) is 0 Å². The predicted molar refractivity (Wildman–Crippen MR) is 66.7 cm³/mol. The van der Waals surface area contributed by atoms with Gasteiger partial charge in [0, 0.05) is 17.1 Å². The molecule has 0 spiro atoms. The third-order valence-corrected chi connectivity index (χ3v) is 2.63. The normalized spacial score (nSPS) is 12.0. The summed E-state index contributed by atoms with van der Waals surface area (Å²) in [6.07, 6.45) is 0. The number of amides is 1. The predicted octanol–water partition coefficient (Wildman–Crippen LogP) is 1.53. The highest BCUT2D eigenvalue weighted by molar-refractivity contribution is 9.10. The molecule has 0 saturated heterocycles. The zero-order valence-electron chi connectivity index (χ0n) is 9.29. The van der Waals surface area contributed by atoms with Crippen LogP contribution in [0.5, 0.6) is 5.75 Å². The van der Waals surface area contributed by atoms with Crippen LogP contribution in [0.4, 0.5) is 0 Å². The van der Waals surface area contributed by atoms with Crippen molar-refractivity contribution in [3.05, 3.63) is 28.2 Å². The highest BCUT2D eigenvalue weighted by Gasteiger charge is 2.13. The lowest BCUT2D eigenvalue weighted by Crippen LogP contribution is -2.37. The van der Waals surface area contributed by atoms with Crippen molar-refractivity contribution >= 4 is 21.8 Å². The second-order valence-electron chi connectivity index (χ2n) is 3.45.